The quantitative estimate of drug-likeness (QED) is 0.609. The molecular weight excluding hydrogens is 334 g/mol. The fourth-order valence-electron chi connectivity index (χ4n) is 3.16. The molecule has 1 heterocycles. The van der Waals surface area contributed by atoms with Gasteiger partial charge in [0, 0.05) is 11.4 Å². The lowest BCUT2D eigenvalue weighted by Crippen LogP contribution is -2.07. The Kier molecular flexibility index (Phi) is 5.40. The van der Waals surface area contributed by atoms with E-state index in [2.05, 4.69) is 96.6 Å². The zero-order chi connectivity index (χ0) is 19.6. The highest BCUT2D eigenvalue weighted by Crippen LogP contribution is 2.25. The predicted octanol–water partition coefficient (Wildman–Crippen LogP) is 5.72. The van der Waals surface area contributed by atoms with Gasteiger partial charge in [-0.2, -0.15) is 15.0 Å². The van der Waals surface area contributed by atoms with Crippen LogP contribution in [0.3, 0.4) is 0 Å². The molecule has 0 fully saturated rings. The van der Waals surface area contributed by atoms with Crippen LogP contribution in [0.15, 0.2) is 36.4 Å². The maximum absolute atomic E-state index is 4.54. The van der Waals surface area contributed by atoms with E-state index in [4.69, 9.17) is 0 Å². The summed E-state index contributed by atoms with van der Waals surface area (Å²) in [4.78, 5) is 13.4. The molecule has 27 heavy (non-hydrogen) atoms. The highest BCUT2D eigenvalue weighted by atomic mass is 15.2. The smallest absolute Gasteiger partial charge is 0.232 e. The van der Waals surface area contributed by atoms with Gasteiger partial charge in [-0.15, -0.1) is 0 Å². The van der Waals surface area contributed by atoms with Crippen molar-refractivity contribution >= 4 is 23.3 Å². The summed E-state index contributed by atoms with van der Waals surface area (Å²) in [5, 5.41) is 6.63. The van der Waals surface area contributed by atoms with Crippen molar-refractivity contribution < 1.29 is 0 Å². The molecule has 0 aliphatic rings. The Morgan fingerprint density at radius 1 is 0.741 bits per heavy atom. The third kappa shape index (κ3) is 4.61. The molecule has 0 spiro atoms. The Morgan fingerprint density at radius 3 is 1.85 bits per heavy atom. The molecule has 2 aromatic carbocycles. The number of benzene rings is 2. The number of hydrogen-bond acceptors (Lipinski definition) is 5. The maximum Gasteiger partial charge on any atom is 0.232 e. The number of nitrogens with one attached hydrogen (secondary N) is 2. The Hall–Kier alpha value is -2.95. The van der Waals surface area contributed by atoms with Gasteiger partial charge in [-0.05, 0) is 62.4 Å². The minimum Gasteiger partial charge on any atom is -0.324 e. The summed E-state index contributed by atoms with van der Waals surface area (Å²) in [5.74, 6) is 2.25. The monoisotopic (exact) mass is 361 g/mol. The molecule has 1 aromatic heterocycles. The summed E-state index contributed by atoms with van der Waals surface area (Å²) in [6.45, 7) is 12.5. The van der Waals surface area contributed by atoms with Crippen LogP contribution in [0.25, 0.3) is 0 Å². The first-order chi connectivity index (χ1) is 12.8. The van der Waals surface area contributed by atoms with Crippen LogP contribution in [0.5, 0.6) is 0 Å². The minimum atomic E-state index is 0.510. The first kappa shape index (κ1) is 18.8. The van der Waals surface area contributed by atoms with Gasteiger partial charge in [-0.1, -0.05) is 43.7 Å². The van der Waals surface area contributed by atoms with E-state index in [-0.39, 0.29) is 0 Å². The number of hydrogen-bond donors (Lipinski definition) is 2. The molecule has 0 aliphatic heterocycles. The molecule has 0 radical (unpaired) electrons. The summed E-state index contributed by atoms with van der Waals surface area (Å²) in [6, 6.07) is 12.7. The number of anilines is 4. The zero-order valence-corrected chi connectivity index (χ0v) is 16.9. The molecule has 140 valence electrons. The Morgan fingerprint density at radius 2 is 1.30 bits per heavy atom. The van der Waals surface area contributed by atoms with E-state index in [0.29, 0.717) is 23.6 Å². The van der Waals surface area contributed by atoms with Gasteiger partial charge in [-0.25, -0.2) is 0 Å². The van der Waals surface area contributed by atoms with Gasteiger partial charge in [0.1, 0.15) is 5.82 Å². The van der Waals surface area contributed by atoms with Crippen molar-refractivity contribution in [1.29, 1.82) is 0 Å². The Labute approximate surface area is 161 Å². The van der Waals surface area contributed by atoms with Crippen molar-refractivity contribution in [2.45, 2.75) is 47.5 Å². The summed E-state index contributed by atoms with van der Waals surface area (Å²) in [6.07, 6.45) is 0. The topological polar surface area (TPSA) is 62.7 Å². The van der Waals surface area contributed by atoms with Gasteiger partial charge in [-0.3, -0.25) is 0 Å². The largest absolute Gasteiger partial charge is 0.324 e. The van der Waals surface area contributed by atoms with Crippen LogP contribution < -0.4 is 10.6 Å². The minimum absolute atomic E-state index is 0.510. The average molecular weight is 361 g/mol. The second-order valence-corrected chi connectivity index (χ2v) is 7.33. The molecule has 0 unspecified atom stereocenters. The van der Waals surface area contributed by atoms with Crippen LogP contribution in [0.2, 0.25) is 0 Å². The standard InChI is InChI=1S/C22H27N5/c1-13(2)18-7-9-19(10-8-18)25-21-23-17(6)24-22(27-21)26-20-15(4)11-14(3)12-16(20)5/h7-13H,1-6H3,(H2,23,24,25,26,27). The molecule has 3 aromatic rings. The van der Waals surface area contributed by atoms with Crippen LogP contribution in [-0.4, -0.2) is 15.0 Å². The van der Waals surface area contributed by atoms with Gasteiger partial charge in [0.15, 0.2) is 0 Å². The van der Waals surface area contributed by atoms with Crippen molar-refractivity contribution in [3.05, 3.63) is 64.5 Å². The van der Waals surface area contributed by atoms with Gasteiger partial charge < -0.3 is 10.6 Å². The SMILES string of the molecule is Cc1cc(C)c(Nc2nc(C)nc(Nc3ccc(C(C)C)cc3)n2)c(C)c1. The van der Waals surface area contributed by atoms with Crippen LogP contribution >= 0.6 is 0 Å². The number of aryl methyl sites for hydroxylation is 4. The van der Waals surface area contributed by atoms with E-state index >= 15 is 0 Å². The summed E-state index contributed by atoms with van der Waals surface area (Å²) in [5.41, 5.74) is 6.89. The number of rotatable bonds is 5. The molecule has 5 nitrogen and oxygen atoms in total. The molecule has 3 rings (SSSR count). The molecule has 0 saturated carbocycles. The number of aromatic nitrogens is 3. The van der Waals surface area contributed by atoms with Crippen molar-refractivity contribution in [3.63, 3.8) is 0 Å². The van der Waals surface area contributed by atoms with E-state index in [9.17, 15) is 0 Å². The lowest BCUT2D eigenvalue weighted by molar-refractivity contribution is 0.867. The maximum atomic E-state index is 4.54. The second-order valence-electron chi connectivity index (χ2n) is 7.33. The molecule has 0 atom stereocenters. The van der Waals surface area contributed by atoms with Crippen LogP contribution in [0.1, 0.15) is 47.8 Å². The predicted molar refractivity (Wildman–Crippen MR) is 112 cm³/mol. The molecule has 0 bridgehead atoms. The van der Waals surface area contributed by atoms with Crippen molar-refractivity contribution in [3.8, 4) is 0 Å². The molecule has 0 aliphatic carbocycles. The molecule has 5 heteroatoms. The Balaban J connectivity index is 1.84. The van der Waals surface area contributed by atoms with E-state index in [0.717, 1.165) is 11.4 Å². The average Bonchev–Trinajstić information content (AvgIpc) is 2.58. The summed E-state index contributed by atoms with van der Waals surface area (Å²) < 4.78 is 0. The van der Waals surface area contributed by atoms with Crippen molar-refractivity contribution in [2.75, 3.05) is 10.6 Å². The molecule has 0 amide bonds. The molecule has 2 N–H and O–H groups in total. The zero-order valence-electron chi connectivity index (χ0n) is 16.9. The first-order valence-corrected chi connectivity index (χ1v) is 9.26. The Bertz CT molecular complexity index is 922. The lowest BCUT2D eigenvalue weighted by Gasteiger charge is -2.14. The third-order valence-electron chi connectivity index (χ3n) is 4.49. The van der Waals surface area contributed by atoms with E-state index in [1.54, 1.807) is 0 Å². The van der Waals surface area contributed by atoms with Crippen LogP contribution in [0, 0.1) is 27.7 Å². The summed E-state index contributed by atoms with van der Waals surface area (Å²) >= 11 is 0. The van der Waals surface area contributed by atoms with Gasteiger partial charge in [0.25, 0.3) is 0 Å². The van der Waals surface area contributed by atoms with Crippen LogP contribution in [0.4, 0.5) is 23.3 Å². The molecule has 0 saturated heterocycles. The fourth-order valence-corrected chi connectivity index (χ4v) is 3.16. The second kappa shape index (κ2) is 7.74. The third-order valence-corrected chi connectivity index (χ3v) is 4.49. The highest BCUT2D eigenvalue weighted by molar-refractivity contribution is 5.64. The van der Waals surface area contributed by atoms with Gasteiger partial charge in [0.2, 0.25) is 11.9 Å². The fraction of sp³-hybridized carbons (Fsp3) is 0.318. The first-order valence-electron chi connectivity index (χ1n) is 9.26. The van der Waals surface area contributed by atoms with Crippen LogP contribution in [-0.2, 0) is 0 Å². The normalized spacial score (nSPS) is 10.9. The van der Waals surface area contributed by atoms with Crippen molar-refractivity contribution in [2.24, 2.45) is 0 Å². The summed E-state index contributed by atoms with van der Waals surface area (Å²) in [7, 11) is 0. The van der Waals surface area contributed by atoms with Gasteiger partial charge >= 0.3 is 0 Å². The van der Waals surface area contributed by atoms with E-state index in [1.165, 1.54) is 22.3 Å². The number of nitrogens with zero attached hydrogens (tertiary/aromatic N) is 3. The van der Waals surface area contributed by atoms with E-state index < -0.39 is 0 Å². The molecular formula is C22H27N5. The van der Waals surface area contributed by atoms with Gasteiger partial charge in [0.05, 0.1) is 0 Å². The lowest BCUT2D eigenvalue weighted by atomic mass is 10.0. The highest BCUT2D eigenvalue weighted by Gasteiger charge is 2.09. The van der Waals surface area contributed by atoms with E-state index in [1.807, 2.05) is 6.92 Å². The van der Waals surface area contributed by atoms with Crippen molar-refractivity contribution in [1.82, 2.24) is 15.0 Å².